The van der Waals surface area contributed by atoms with Crippen LogP contribution < -0.4 is 14.7 Å². The second-order valence-electron chi connectivity index (χ2n) is 7.70. The molecule has 0 spiro atoms. The molecule has 0 unspecified atom stereocenters. The fourth-order valence-electron chi connectivity index (χ4n) is 3.40. The van der Waals surface area contributed by atoms with Crippen molar-refractivity contribution in [2.45, 2.75) is 25.4 Å². The standard InChI is InChI=1S/C26H23N5O3S/c1-4-31-15-25(34-30-31)29-24(32)16-35-26-22(14-27)21(18-7-5-17(2)6-8-18)13-23(28-26)19-9-11-20(33-3)12-10-19/h5-13,15H,4,16H2,1-3H3/p+1. The third-order valence-electron chi connectivity index (χ3n) is 5.28. The highest BCUT2D eigenvalue weighted by Crippen LogP contribution is 2.34. The Hall–Kier alpha value is -4.16. The molecule has 0 aliphatic carbocycles. The second-order valence-corrected chi connectivity index (χ2v) is 8.66. The molecule has 9 heteroatoms. The number of anilines is 1. The molecule has 0 aliphatic heterocycles. The predicted octanol–water partition coefficient (Wildman–Crippen LogP) is 4.63. The summed E-state index contributed by atoms with van der Waals surface area (Å²) in [5, 5.41) is 17.0. The van der Waals surface area contributed by atoms with Crippen molar-refractivity contribution in [3.8, 4) is 34.2 Å². The van der Waals surface area contributed by atoms with Crippen LogP contribution in [0.15, 0.2) is 70.3 Å². The fourth-order valence-corrected chi connectivity index (χ4v) is 4.20. The quantitative estimate of drug-likeness (QED) is 0.286. The average molecular weight is 487 g/mol. The van der Waals surface area contributed by atoms with E-state index in [0.717, 1.165) is 28.0 Å². The zero-order valence-electron chi connectivity index (χ0n) is 19.6. The highest BCUT2D eigenvalue weighted by atomic mass is 32.2. The molecule has 0 bridgehead atoms. The Balaban J connectivity index is 1.68. The molecule has 35 heavy (non-hydrogen) atoms. The maximum atomic E-state index is 12.5. The van der Waals surface area contributed by atoms with Crippen LogP contribution in [0, 0.1) is 18.3 Å². The van der Waals surface area contributed by atoms with Gasteiger partial charge in [-0.2, -0.15) is 5.26 Å². The summed E-state index contributed by atoms with van der Waals surface area (Å²) in [6, 6.07) is 19.7. The molecule has 2 aromatic heterocycles. The van der Waals surface area contributed by atoms with Crippen LogP contribution in [-0.2, 0) is 11.3 Å². The molecule has 0 atom stereocenters. The summed E-state index contributed by atoms with van der Waals surface area (Å²) in [7, 11) is 1.62. The first-order valence-electron chi connectivity index (χ1n) is 11.0. The number of rotatable bonds is 8. The van der Waals surface area contributed by atoms with Crippen molar-refractivity contribution in [2.75, 3.05) is 18.2 Å². The van der Waals surface area contributed by atoms with Crippen molar-refractivity contribution in [3.05, 3.63) is 71.9 Å². The number of nitriles is 1. The van der Waals surface area contributed by atoms with Gasteiger partial charge in [0.25, 0.3) is 6.20 Å². The van der Waals surface area contributed by atoms with Gasteiger partial charge < -0.3 is 4.74 Å². The van der Waals surface area contributed by atoms with Crippen LogP contribution in [-0.4, -0.2) is 29.0 Å². The molecular weight excluding hydrogens is 462 g/mol. The van der Waals surface area contributed by atoms with E-state index in [0.29, 0.717) is 22.8 Å². The van der Waals surface area contributed by atoms with Gasteiger partial charge in [0, 0.05) is 11.1 Å². The van der Waals surface area contributed by atoms with E-state index in [9.17, 15) is 10.1 Å². The maximum absolute atomic E-state index is 12.5. The van der Waals surface area contributed by atoms with Crippen molar-refractivity contribution < 1.29 is 18.7 Å². The van der Waals surface area contributed by atoms with Crippen LogP contribution >= 0.6 is 11.8 Å². The van der Waals surface area contributed by atoms with Gasteiger partial charge in [-0.1, -0.05) is 46.3 Å². The van der Waals surface area contributed by atoms with E-state index in [-0.39, 0.29) is 17.5 Å². The van der Waals surface area contributed by atoms with Crippen molar-refractivity contribution in [1.29, 1.82) is 5.26 Å². The molecule has 8 nitrogen and oxygen atoms in total. The lowest BCUT2D eigenvalue weighted by molar-refractivity contribution is -0.759. The molecule has 0 aliphatic rings. The number of hydrogen-bond acceptors (Lipinski definition) is 7. The number of carbonyl (C=O) groups is 1. The third kappa shape index (κ3) is 5.67. The Labute approximate surface area is 207 Å². The van der Waals surface area contributed by atoms with Crippen molar-refractivity contribution in [2.24, 2.45) is 0 Å². The third-order valence-corrected chi connectivity index (χ3v) is 6.26. The molecule has 1 amide bonds. The molecule has 2 aromatic carbocycles. The number of hydrogen-bond donors (Lipinski definition) is 1. The van der Waals surface area contributed by atoms with Gasteiger partial charge in [0.1, 0.15) is 16.8 Å². The van der Waals surface area contributed by atoms with Crippen molar-refractivity contribution >= 4 is 23.6 Å². The minimum Gasteiger partial charge on any atom is -0.497 e. The summed E-state index contributed by atoms with van der Waals surface area (Å²) in [5.41, 5.74) is 4.79. The van der Waals surface area contributed by atoms with E-state index >= 15 is 0 Å². The lowest BCUT2D eigenvalue weighted by Gasteiger charge is -2.13. The van der Waals surface area contributed by atoms with E-state index in [2.05, 4.69) is 16.7 Å². The van der Waals surface area contributed by atoms with Crippen LogP contribution in [0.3, 0.4) is 0 Å². The monoisotopic (exact) mass is 486 g/mol. The van der Waals surface area contributed by atoms with Crippen LogP contribution in [0.4, 0.5) is 5.88 Å². The number of methoxy groups -OCH3 is 1. The lowest BCUT2D eigenvalue weighted by atomic mass is 9.98. The van der Waals surface area contributed by atoms with Gasteiger partial charge >= 0.3 is 5.88 Å². The van der Waals surface area contributed by atoms with Gasteiger partial charge in [0.2, 0.25) is 11.2 Å². The minimum absolute atomic E-state index is 0.0495. The van der Waals surface area contributed by atoms with E-state index < -0.39 is 0 Å². The SMILES string of the molecule is CC[n+]1cc(NC(=O)CSc2nc(-c3ccc(OC)cc3)cc(-c3ccc(C)cc3)c2C#N)on1. The van der Waals surface area contributed by atoms with Gasteiger partial charge in [-0.15, -0.1) is 0 Å². The van der Waals surface area contributed by atoms with Crippen molar-refractivity contribution in [3.63, 3.8) is 0 Å². The number of thioether (sulfide) groups is 1. The van der Waals surface area contributed by atoms with Crippen LogP contribution in [0.1, 0.15) is 18.1 Å². The van der Waals surface area contributed by atoms with Gasteiger partial charge in [0.15, 0.2) is 6.54 Å². The molecular formula is C26H24N5O3S+. The summed E-state index contributed by atoms with van der Waals surface area (Å²) < 4.78 is 11.9. The second kappa shape index (κ2) is 10.8. The smallest absolute Gasteiger partial charge is 0.302 e. The normalized spacial score (nSPS) is 10.6. The largest absolute Gasteiger partial charge is 0.497 e. The molecule has 4 rings (SSSR count). The average Bonchev–Trinajstić information content (AvgIpc) is 3.34. The Morgan fingerprint density at radius 2 is 1.89 bits per heavy atom. The molecule has 176 valence electrons. The Morgan fingerprint density at radius 1 is 1.17 bits per heavy atom. The Bertz CT molecular complexity index is 1380. The van der Waals surface area contributed by atoms with Gasteiger partial charge in [0.05, 0.1) is 24.1 Å². The number of pyridine rings is 1. The van der Waals surface area contributed by atoms with E-state index in [1.165, 1.54) is 11.8 Å². The molecule has 0 saturated heterocycles. The lowest BCUT2D eigenvalue weighted by Crippen LogP contribution is -2.32. The number of ether oxygens (including phenoxy) is 1. The zero-order valence-corrected chi connectivity index (χ0v) is 20.4. The maximum Gasteiger partial charge on any atom is 0.302 e. The van der Waals surface area contributed by atoms with Gasteiger partial charge in [-0.3, -0.25) is 14.6 Å². The molecule has 4 aromatic rings. The molecule has 0 fully saturated rings. The summed E-state index contributed by atoms with van der Waals surface area (Å²) >= 11 is 1.20. The van der Waals surface area contributed by atoms with Crippen LogP contribution in [0.25, 0.3) is 22.4 Å². The van der Waals surface area contributed by atoms with E-state index in [1.54, 1.807) is 18.0 Å². The summed E-state index contributed by atoms with van der Waals surface area (Å²) in [5.74, 6) is 0.766. The number of aryl methyl sites for hydroxylation is 2. The van der Waals surface area contributed by atoms with Gasteiger partial charge in [-0.25, -0.2) is 4.98 Å². The van der Waals surface area contributed by atoms with Gasteiger partial charge in [-0.05, 0) is 49.7 Å². The fraction of sp³-hybridized carbons (Fsp3) is 0.192. The van der Waals surface area contributed by atoms with Crippen molar-refractivity contribution in [1.82, 2.24) is 10.3 Å². The molecule has 2 heterocycles. The number of amides is 1. The topological polar surface area (TPSA) is 105 Å². The number of nitrogens with zero attached hydrogens (tertiary/aromatic N) is 4. The molecule has 0 saturated carbocycles. The number of carbonyl (C=O) groups excluding carboxylic acids is 1. The number of benzene rings is 2. The summed E-state index contributed by atoms with van der Waals surface area (Å²) in [6.45, 7) is 4.56. The van der Waals surface area contributed by atoms with E-state index in [4.69, 9.17) is 14.2 Å². The first-order chi connectivity index (χ1) is 17.0. The first kappa shape index (κ1) is 24.0. The highest BCUT2D eigenvalue weighted by molar-refractivity contribution is 8.00. The number of nitrogens with one attached hydrogen (secondary N) is 1. The summed E-state index contributed by atoms with van der Waals surface area (Å²) in [6.07, 6.45) is 1.61. The molecule has 0 radical (unpaired) electrons. The summed E-state index contributed by atoms with van der Waals surface area (Å²) in [4.78, 5) is 17.3. The van der Waals surface area contributed by atoms with E-state index in [1.807, 2.05) is 68.4 Å². The Kier molecular flexibility index (Phi) is 7.43. The zero-order chi connectivity index (χ0) is 24.8. The Morgan fingerprint density at radius 3 is 2.51 bits per heavy atom. The minimum atomic E-state index is -0.285. The predicted molar refractivity (Wildman–Crippen MR) is 133 cm³/mol. The first-order valence-corrected chi connectivity index (χ1v) is 11.9. The highest BCUT2D eigenvalue weighted by Gasteiger charge is 2.18. The van der Waals surface area contributed by atoms with Crippen LogP contribution in [0.5, 0.6) is 5.75 Å². The molecule has 1 N–H and O–H groups in total. The number of aromatic nitrogens is 3. The van der Waals surface area contributed by atoms with Crippen LogP contribution in [0.2, 0.25) is 0 Å².